The molecule has 0 bridgehead atoms. The molecular formula is C22H28BN9O5. The number of benzene rings is 1. The number of guanidine groups is 1. The lowest BCUT2D eigenvalue weighted by Crippen LogP contribution is -2.41. The normalized spacial score (nSPS) is 12.8. The fraction of sp³-hybridized carbons (Fsp3) is 0.273. The molecule has 2 aromatic heterocycles. The van der Waals surface area contributed by atoms with Crippen molar-refractivity contribution in [2.75, 3.05) is 11.9 Å². The van der Waals surface area contributed by atoms with Crippen LogP contribution in [0.2, 0.25) is 0 Å². The third-order valence-electron chi connectivity index (χ3n) is 5.52. The number of pyridine rings is 1. The standard InChI is InChI=1S/C22H26BN9O4.H2O/c1-13-19(30-31-32(13)18-6-2-3-9-27-18)20(33)29-15-8-7-14-12-35-23(16(14)11-15)36-21(34)17(24)5-4-10-28-22(25)26;/h2-3,6-9,11,17H,4-5,10,12,24H2,1H3,(H,29,33)(H4,25,26,28);1H2/t17-;/m0./s1. The van der Waals surface area contributed by atoms with Crippen LogP contribution in [0.25, 0.3) is 5.82 Å². The van der Waals surface area contributed by atoms with Gasteiger partial charge in [-0.15, -0.1) is 5.10 Å². The van der Waals surface area contributed by atoms with Crippen LogP contribution in [-0.4, -0.2) is 63.0 Å². The second kappa shape index (κ2) is 12.1. The molecule has 0 saturated carbocycles. The van der Waals surface area contributed by atoms with Crippen LogP contribution in [0, 0.1) is 6.92 Å². The Morgan fingerprint density at radius 3 is 2.84 bits per heavy atom. The molecule has 194 valence electrons. The summed E-state index contributed by atoms with van der Waals surface area (Å²) >= 11 is 0. The predicted octanol–water partition coefficient (Wildman–Crippen LogP) is -1.45. The van der Waals surface area contributed by atoms with Gasteiger partial charge >= 0.3 is 13.1 Å². The highest BCUT2D eigenvalue weighted by molar-refractivity contribution is 6.64. The monoisotopic (exact) mass is 509 g/mol. The summed E-state index contributed by atoms with van der Waals surface area (Å²) in [5, 5.41) is 10.8. The van der Waals surface area contributed by atoms with Crippen molar-refractivity contribution >= 4 is 36.1 Å². The van der Waals surface area contributed by atoms with Crippen LogP contribution in [0.15, 0.2) is 47.6 Å². The van der Waals surface area contributed by atoms with Gasteiger partial charge in [-0.1, -0.05) is 17.3 Å². The number of aliphatic imine (C=N–C) groups is 1. The Hall–Kier alpha value is -4.34. The number of aromatic nitrogens is 4. The van der Waals surface area contributed by atoms with Crippen molar-refractivity contribution in [2.24, 2.45) is 22.2 Å². The molecule has 4 rings (SSSR count). The van der Waals surface area contributed by atoms with E-state index < -0.39 is 25.0 Å². The molecule has 0 unspecified atom stereocenters. The number of fused-ring (bicyclic) bond motifs is 1. The van der Waals surface area contributed by atoms with E-state index >= 15 is 0 Å². The number of amides is 1. The minimum absolute atomic E-state index is 0. The Morgan fingerprint density at radius 1 is 1.30 bits per heavy atom. The zero-order valence-electron chi connectivity index (χ0n) is 20.1. The van der Waals surface area contributed by atoms with E-state index in [4.69, 9.17) is 26.5 Å². The topological polar surface area (TPSA) is 230 Å². The molecule has 3 aromatic rings. The van der Waals surface area contributed by atoms with E-state index in [1.54, 1.807) is 43.5 Å². The first kappa shape index (κ1) is 27.3. The van der Waals surface area contributed by atoms with E-state index in [1.165, 1.54) is 4.68 Å². The minimum atomic E-state index is -0.931. The molecule has 0 radical (unpaired) electrons. The number of nitrogens with two attached hydrogens (primary N) is 3. The number of anilines is 1. The smallest absolute Gasteiger partial charge is 0.505 e. The average molecular weight is 509 g/mol. The van der Waals surface area contributed by atoms with Crippen LogP contribution in [0.3, 0.4) is 0 Å². The molecule has 1 aliphatic rings. The van der Waals surface area contributed by atoms with Gasteiger partial charge in [0.15, 0.2) is 17.5 Å². The van der Waals surface area contributed by atoms with Gasteiger partial charge in [0.2, 0.25) is 0 Å². The maximum atomic E-state index is 12.9. The molecule has 1 amide bonds. The third-order valence-corrected chi connectivity index (χ3v) is 5.52. The van der Waals surface area contributed by atoms with E-state index in [1.807, 2.05) is 6.07 Å². The van der Waals surface area contributed by atoms with E-state index in [9.17, 15) is 9.59 Å². The third kappa shape index (κ3) is 6.46. The summed E-state index contributed by atoms with van der Waals surface area (Å²) in [6.45, 7) is 2.36. The average Bonchev–Trinajstić information content (AvgIpc) is 3.45. The first-order valence-corrected chi connectivity index (χ1v) is 11.2. The van der Waals surface area contributed by atoms with Crippen LogP contribution >= 0.6 is 0 Å². The summed E-state index contributed by atoms with van der Waals surface area (Å²) in [6, 6.07) is 9.75. The quantitative estimate of drug-likeness (QED) is 0.113. The van der Waals surface area contributed by atoms with E-state index in [0.29, 0.717) is 42.0 Å². The number of carbonyl (C=O) groups is 2. The number of hydrogen-bond acceptors (Lipinski definition) is 9. The SMILES string of the molecule is Cc1c(C(=O)Nc2ccc3c(c2)B(OC(=O)[C@@H](N)CCCN=C(N)N)OC3)nnn1-c1ccccn1.O. The van der Waals surface area contributed by atoms with Crippen molar-refractivity contribution in [1.29, 1.82) is 0 Å². The summed E-state index contributed by atoms with van der Waals surface area (Å²) in [5.74, 6) is -0.507. The Kier molecular flexibility index (Phi) is 8.89. The molecular weight excluding hydrogens is 481 g/mol. The molecule has 0 aliphatic carbocycles. The maximum absolute atomic E-state index is 12.9. The zero-order valence-corrected chi connectivity index (χ0v) is 20.1. The van der Waals surface area contributed by atoms with Gasteiger partial charge in [0, 0.05) is 23.9 Å². The van der Waals surface area contributed by atoms with Crippen molar-refractivity contribution in [3.05, 3.63) is 59.5 Å². The number of hydrogen-bond donors (Lipinski definition) is 4. The van der Waals surface area contributed by atoms with Gasteiger partial charge in [-0.05, 0) is 49.6 Å². The van der Waals surface area contributed by atoms with E-state index in [0.717, 1.165) is 5.56 Å². The van der Waals surface area contributed by atoms with Crippen molar-refractivity contribution in [2.45, 2.75) is 32.4 Å². The van der Waals surface area contributed by atoms with Gasteiger partial charge in [-0.2, -0.15) is 4.68 Å². The lowest BCUT2D eigenvalue weighted by Gasteiger charge is -2.14. The number of carbonyl (C=O) groups excluding carboxylic acids is 2. The van der Waals surface area contributed by atoms with Crippen LogP contribution in [0.1, 0.15) is 34.6 Å². The molecule has 1 aliphatic heterocycles. The molecule has 0 fully saturated rings. The molecule has 14 nitrogen and oxygen atoms in total. The first-order chi connectivity index (χ1) is 17.3. The maximum Gasteiger partial charge on any atom is 0.565 e. The Bertz CT molecular complexity index is 1280. The zero-order chi connectivity index (χ0) is 25.7. The minimum Gasteiger partial charge on any atom is -0.505 e. The van der Waals surface area contributed by atoms with Gasteiger partial charge in [-0.25, -0.2) is 4.98 Å². The lowest BCUT2D eigenvalue weighted by molar-refractivity contribution is -0.137. The van der Waals surface area contributed by atoms with Crippen LogP contribution < -0.4 is 28.0 Å². The second-order valence-corrected chi connectivity index (χ2v) is 8.13. The molecule has 1 aromatic carbocycles. The van der Waals surface area contributed by atoms with Crippen molar-refractivity contribution < 1.29 is 24.4 Å². The molecule has 1 atom stereocenters. The Morgan fingerprint density at radius 2 is 2.11 bits per heavy atom. The van der Waals surface area contributed by atoms with Crippen molar-refractivity contribution in [3.63, 3.8) is 0 Å². The van der Waals surface area contributed by atoms with Gasteiger partial charge in [-0.3, -0.25) is 14.6 Å². The number of rotatable bonds is 9. The van der Waals surface area contributed by atoms with Crippen LogP contribution in [0.4, 0.5) is 5.69 Å². The fourth-order valence-electron chi connectivity index (χ4n) is 3.63. The van der Waals surface area contributed by atoms with E-state index in [2.05, 4.69) is 25.6 Å². The summed E-state index contributed by atoms with van der Waals surface area (Å²) in [7, 11) is -0.931. The highest BCUT2D eigenvalue weighted by Gasteiger charge is 2.36. The first-order valence-electron chi connectivity index (χ1n) is 11.2. The van der Waals surface area contributed by atoms with Crippen LogP contribution in [0.5, 0.6) is 0 Å². The number of nitrogens with zero attached hydrogens (tertiary/aromatic N) is 5. The Balaban J connectivity index is 0.00000380. The summed E-state index contributed by atoms with van der Waals surface area (Å²) in [5.41, 5.74) is 19.1. The van der Waals surface area contributed by atoms with Crippen LogP contribution in [-0.2, 0) is 20.7 Å². The summed E-state index contributed by atoms with van der Waals surface area (Å²) in [4.78, 5) is 33.4. The molecule has 0 saturated heterocycles. The molecule has 0 spiro atoms. The predicted molar refractivity (Wildman–Crippen MR) is 136 cm³/mol. The lowest BCUT2D eigenvalue weighted by atomic mass is 9.78. The largest absolute Gasteiger partial charge is 0.565 e. The second-order valence-electron chi connectivity index (χ2n) is 8.13. The summed E-state index contributed by atoms with van der Waals surface area (Å²) < 4.78 is 12.6. The Labute approximate surface area is 212 Å². The highest BCUT2D eigenvalue weighted by atomic mass is 16.6. The van der Waals surface area contributed by atoms with Gasteiger partial charge in [0.25, 0.3) is 5.91 Å². The van der Waals surface area contributed by atoms with Gasteiger partial charge in [0.05, 0.1) is 12.3 Å². The number of nitrogens with one attached hydrogen (secondary N) is 1. The molecule has 3 heterocycles. The molecule has 9 N–H and O–H groups in total. The van der Waals surface area contributed by atoms with Crippen molar-refractivity contribution in [1.82, 2.24) is 20.0 Å². The van der Waals surface area contributed by atoms with Gasteiger partial charge < -0.3 is 37.3 Å². The van der Waals surface area contributed by atoms with E-state index in [-0.39, 0.29) is 23.7 Å². The summed E-state index contributed by atoms with van der Waals surface area (Å²) in [6.07, 6.45) is 2.51. The molecule has 15 heteroatoms. The molecule has 37 heavy (non-hydrogen) atoms. The van der Waals surface area contributed by atoms with Crippen molar-refractivity contribution in [3.8, 4) is 5.82 Å². The fourth-order valence-corrected chi connectivity index (χ4v) is 3.63. The highest BCUT2D eigenvalue weighted by Crippen LogP contribution is 2.18. The van der Waals surface area contributed by atoms with Gasteiger partial charge in [0.1, 0.15) is 6.04 Å².